The molecular weight excluding hydrogens is 354 g/mol. The fourth-order valence-electron chi connectivity index (χ4n) is 2.36. The summed E-state index contributed by atoms with van der Waals surface area (Å²) in [6.07, 6.45) is -0.250. The van der Waals surface area contributed by atoms with Crippen molar-refractivity contribution in [1.82, 2.24) is 0 Å². The van der Waals surface area contributed by atoms with Crippen LogP contribution in [-0.4, -0.2) is 24.6 Å². The average Bonchev–Trinajstić information content (AvgIpc) is 2.61. The van der Waals surface area contributed by atoms with Crippen molar-refractivity contribution in [1.29, 1.82) is 0 Å². The van der Waals surface area contributed by atoms with E-state index in [-0.39, 0.29) is 6.42 Å². The lowest BCUT2D eigenvalue weighted by Gasteiger charge is -2.14. The van der Waals surface area contributed by atoms with Gasteiger partial charge in [-0.2, -0.15) is 0 Å². The summed E-state index contributed by atoms with van der Waals surface area (Å²) in [6.45, 7) is 4.00. The van der Waals surface area contributed by atoms with E-state index in [0.29, 0.717) is 23.7 Å². The number of anilines is 1. The molecule has 0 heterocycles. The Kier molecular flexibility index (Phi) is 7.48. The topological polar surface area (TPSA) is 64.6 Å². The van der Waals surface area contributed by atoms with E-state index in [2.05, 4.69) is 5.32 Å². The van der Waals surface area contributed by atoms with E-state index in [1.165, 1.54) is 6.92 Å². The van der Waals surface area contributed by atoms with Gasteiger partial charge in [-0.1, -0.05) is 35.9 Å². The first-order valence-electron chi connectivity index (χ1n) is 8.46. The Bertz CT molecular complexity index is 763. The summed E-state index contributed by atoms with van der Waals surface area (Å²) in [4.78, 5) is 24.2. The number of para-hydroxylation sites is 1. The van der Waals surface area contributed by atoms with E-state index in [1.807, 2.05) is 31.2 Å². The first-order valence-corrected chi connectivity index (χ1v) is 8.84. The van der Waals surface area contributed by atoms with E-state index in [0.717, 1.165) is 11.3 Å². The standard InChI is InChI=1S/C20H22ClNO4/c1-3-25-18-10-5-4-7-15(18)11-12-19(23)26-14(2)20(24)22-17-9-6-8-16(21)13-17/h4-10,13-14H,3,11-12H2,1-2H3,(H,22,24)/t14-/m0/s1. The lowest BCUT2D eigenvalue weighted by Crippen LogP contribution is -2.30. The molecule has 26 heavy (non-hydrogen) atoms. The Hall–Kier alpha value is -2.53. The van der Waals surface area contributed by atoms with Gasteiger partial charge in [0.1, 0.15) is 5.75 Å². The molecule has 1 N–H and O–H groups in total. The summed E-state index contributed by atoms with van der Waals surface area (Å²) in [6, 6.07) is 14.3. The number of halogens is 1. The van der Waals surface area contributed by atoms with Gasteiger partial charge in [0.2, 0.25) is 0 Å². The van der Waals surface area contributed by atoms with Gasteiger partial charge in [-0.25, -0.2) is 0 Å². The van der Waals surface area contributed by atoms with Gasteiger partial charge in [-0.3, -0.25) is 9.59 Å². The highest BCUT2D eigenvalue weighted by molar-refractivity contribution is 6.30. The van der Waals surface area contributed by atoms with E-state index in [4.69, 9.17) is 21.1 Å². The van der Waals surface area contributed by atoms with Crippen molar-refractivity contribution in [2.45, 2.75) is 32.8 Å². The summed E-state index contributed by atoms with van der Waals surface area (Å²) in [5, 5.41) is 3.18. The highest BCUT2D eigenvalue weighted by atomic mass is 35.5. The lowest BCUT2D eigenvalue weighted by atomic mass is 10.1. The number of aryl methyl sites for hydroxylation is 1. The maximum absolute atomic E-state index is 12.1. The number of carbonyl (C=O) groups is 2. The number of nitrogens with one attached hydrogen (secondary N) is 1. The minimum Gasteiger partial charge on any atom is -0.494 e. The van der Waals surface area contributed by atoms with Gasteiger partial charge in [0.05, 0.1) is 6.61 Å². The van der Waals surface area contributed by atoms with Crippen LogP contribution in [0.25, 0.3) is 0 Å². The van der Waals surface area contributed by atoms with Crippen molar-refractivity contribution in [3.05, 3.63) is 59.1 Å². The minimum absolute atomic E-state index is 0.166. The van der Waals surface area contributed by atoms with Crippen LogP contribution in [0.5, 0.6) is 5.75 Å². The molecule has 0 saturated carbocycles. The summed E-state index contributed by atoms with van der Waals surface area (Å²) >= 11 is 5.88. The van der Waals surface area contributed by atoms with Crippen molar-refractivity contribution in [3.8, 4) is 5.75 Å². The molecule has 0 bridgehead atoms. The van der Waals surface area contributed by atoms with Crippen LogP contribution in [0.3, 0.4) is 0 Å². The number of rotatable bonds is 8. The third-order valence-electron chi connectivity index (χ3n) is 3.64. The second kappa shape index (κ2) is 9.82. The van der Waals surface area contributed by atoms with Crippen molar-refractivity contribution in [2.24, 2.45) is 0 Å². The Morgan fingerprint density at radius 3 is 2.65 bits per heavy atom. The molecule has 1 atom stereocenters. The molecule has 0 radical (unpaired) electrons. The quantitative estimate of drug-likeness (QED) is 0.701. The minimum atomic E-state index is -0.899. The Balaban J connectivity index is 1.84. The van der Waals surface area contributed by atoms with Crippen LogP contribution in [0.1, 0.15) is 25.8 Å². The molecule has 6 heteroatoms. The smallest absolute Gasteiger partial charge is 0.306 e. The Morgan fingerprint density at radius 1 is 1.15 bits per heavy atom. The normalized spacial score (nSPS) is 11.5. The van der Waals surface area contributed by atoms with Crippen LogP contribution < -0.4 is 10.1 Å². The van der Waals surface area contributed by atoms with Crippen molar-refractivity contribution >= 4 is 29.2 Å². The maximum Gasteiger partial charge on any atom is 0.306 e. The molecule has 0 aromatic heterocycles. The third-order valence-corrected chi connectivity index (χ3v) is 3.88. The fourth-order valence-corrected chi connectivity index (χ4v) is 2.55. The van der Waals surface area contributed by atoms with Crippen molar-refractivity contribution in [2.75, 3.05) is 11.9 Å². The predicted molar refractivity (Wildman–Crippen MR) is 102 cm³/mol. The number of hydrogen-bond donors (Lipinski definition) is 1. The van der Waals surface area contributed by atoms with Gasteiger partial charge in [0.25, 0.3) is 5.91 Å². The molecule has 0 saturated heterocycles. The van der Waals surface area contributed by atoms with Crippen LogP contribution >= 0.6 is 11.6 Å². The molecule has 0 spiro atoms. The second-order valence-electron chi connectivity index (χ2n) is 5.67. The predicted octanol–water partition coefficient (Wildman–Crippen LogP) is 4.24. The number of amides is 1. The number of hydrogen-bond acceptors (Lipinski definition) is 4. The fraction of sp³-hybridized carbons (Fsp3) is 0.300. The highest BCUT2D eigenvalue weighted by Gasteiger charge is 2.18. The maximum atomic E-state index is 12.1. The summed E-state index contributed by atoms with van der Waals surface area (Å²) in [5.41, 5.74) is 1.48. The molecule has 0 aliphatic carbocycles. The lowest BCUT2D eigenvalue weighted by molar-refractivity contribution is -0.153. The van der Waals surface area contributed by atoms with E-state index in [9.17, 15) is 9.59 Å². The zero-order valence-corrected chi connectivity index (χ0v) is 15.6. The van der Waals surface area contributed by atoms with Crippen LogP contribution in [0.15, 0.2) is 48.5 Å². The first kappa shape index (κ1) is 19.8. The number of esters is 1. The van der Waals surface area contributed by atoms with Crippen LogP contribution in [0, 0.1) is 0 Å². The number of carbonyl (C=O) groups excluding carboxylic acids is 2. The number of ether oxygens (including phenoxy) is 2. The van der Waals surface area contributed by atoms with Gasteiger partial charge >= 0.3 is 5.97 Å². The van der Waals surface area contributed by atoms with Gasteiger partial charge in [-0.05, 0) is 50.1 Å². The monoisotopic (exact) mass is 375 g/mol. The SMILES string of the molecule is CCOc1ccccc1CCC(=O)O[C@@H](C)C(=O)Nc1cccc(Cl)c1. The average molecular weight is 376 g/mol. The molecule has 5 nitrogen and oxygen atoms in total. The van der Waals surface area contributed by atoms with Crippen molar-refractivity contribution in [3.63, 3.8) is 0 Å². The van der Waals surface area contributed by atoms with E-state index < -0.39 is 18.0 Å². The first-order chi connectivity index (χ1) is 12.5. The van der Waals surface area contributed by atoms with Crippen LogP contribution in [0.2, 0.25) is 5.02 Å². The molecular formula is C20H22ClNO4. The molecule has 138 valence electrons. The molecule has 0 aliphatic heterocycles. The largest absolute Gasteiger partial charge is 0.494 e. The third kappa shape index (κ3) is 6.08. The highest BCUT2D eigenvalue weighted by Crippen LogP contribution is 2.20. The van der Waals surface area contributed by atoms with Crippen LogP contribution in [0.4, 0.5) is 5.69 Å². The second-order valence-corrected chi connectivity index (χ2v) is 6.11. The zero-order chi connectivity index (χ0) is 18.9. The van der Waals surface area contributed by atoms with E-state index >= 15 is 0 Å². The van der Waals surface area contributed by atoms with E-state index in [1.54, 1.807) is 24.3 Å². The molecule has 2 rings (SSSR count). The summed E-state index contributed by atoms with van der Waals surface area (Å²) < 4.78 is 10.7. The van der Waals surface area contributed by atoms with Gasteiger partial charge in [-0.15, -0.1) is 0 Å². The zero-order valence-electron chi connectivity index (χ0n) is 14.8. The summed E-state index contributed by atoms with van der Waals surface area (Å²) in [7, 11) is 0. The van der Waals surface area contributed by atoms with Crippen molar-refractivity contribution < 1.29 is 19.1 Å². The van der Waals surface area contributed by atoms with Crippen LogP contribution in [-0.2, 0) is 20.7 Å². The molecule has 1 amide bonds. The Labute approximate surface area is 158 Å². The molecule has 0 aliphatic rings. The summed E-state index contributed by atoms with van der Waals surface area (Å²) in [5.74, 6) is -0.0880. The molecule has 0 unspecified atom stereocenters. The Morgan fingerprint density at radius 2 is 1.92 bits per heavy atom. The molecule has 0 fully saturated rings. The molecule has 2 aromatic rings. The molecule has 2 aromatic carbocycles. The number of benzene rings is 2. The van der Waals surface area contributed by atoms with Gasteiger partial charge in [0.15, 0.2) is 6.10 Å². The van der Waals surface area contributed by atoms with Gasteiger partial charge in [0, 0.05) is 17.1 Å². The van der Waals surface area contributed by atoms with Gasteiger partial charge < -0.3 is 14.8 Å².